The minimum Gasteiger partial charge on any atom is -0.374 e. The summed E-state index contributed by atoms with van der Waals surface area (Å²) >= 11 is 5.96. The number of nitrogens with one attached hydrogen (secondary N) is 1. The number of methoxy groups -OCH3 is 1. The molecule has 1 aromatic heterocycles. The molecule has 0 aliphatic carbocycles. The van der Waals surface area contributed by atoms with E-state index in [0.29, 0.717) is 5.02 Å². The fourth-order valence-corrected chi connectivity index (χ4v) is 1.55. The molecule has 4 nitrogen and oxygen atoms in total. The molecule has 5 heteroatoms. The smallest absolute Gasteiger partial charge is 0.113 e. The molecule has 1 atom stereocenters. The average molecular weight is 204 g/mol. The van der Waals surface area contributed by atoms with Crippen molar-refractivity contribution in [1.82, 2.24) is 15.1 Å². The molecular weight excluding hydrogens is 190 g/mol. The van der Waals surface area contributed by atoms with Gasteiger partial charge in [0.1, 0.15) is 6.10 Å². The SMILES string of the molecule is CNCC(OC)c1c(Cl)cnn1C. The van der Waals surface area contributed by atoms with Gasteiger partial charge in [-0.05, 0) is 7.05 Å². The molecule has 1 heterocycles. The van der Waals surface area contributed by atoms with Crippen LogP contribution in [-0.4, -0.2) is 30.5 Å². The molecule has 0 aliphatic rings. The molecule has 0 saturated carbocycles. The Morgan fingerprint density at radius 3 is 2.85 bits per heavy atom. The molecule has 1 rings (SSSR count). The van der Waals surface area contributed by atoms with Gasteiger partial charge in [-0.1, -0.05) is 11.6 Å². The Bertz CT molecular complexity index is 255. The van der Waals surface area contributed by atoms with Crippen LogP contribution in [0.15, 0.2) is 6.20 Å². The maximum atomic E-state index is 5.96. The van der Waals surface area contributed by atoms with Crippen LogP contribution in [0.4, 0.5) is 0 Å². The second-order valence-corrected chi connectivity index (χ2v) is 3.19. The standard InChI is InChI=1S/C8H14ClN3O/c1-10-5-7(13-3)8-6(9)4-11-12(8)2/h4,7,10H,5H2,1-3H3. The van der Waals surface area contributed by atoms with Crippen LogP contribution < -0.4 is 5.32 Å². The van der Waals surface area contributed by atoms with Crippen LogP contribution in [0.2, 0.25) is 5.02 Å². The van der Waals surface area contributed by atoms with Gasteiger partial charge in [-0.2, -0.15) is 5.10 Å². The molecule has 0 bridgehead atoms. The molecule has 0 aromatic carbocycles. The number of halogens is 1. The Hall–Kier alpha value is -0.580. The predicted molar refractivity (Wildman–Crippen MR) is 51.9 cm³/mol. The third-order valence-corrected chi connectivity index (χ3v) is 2.21. The average Bonchev–Trinajstić information content (AvgIpc) is 2.43. The third-order valence-electron chi connectivity index (χ3n) is 1.92. The number of hydrogen-bond acceptors (Lipinski definition) is 3. The third kappa shape index (κ3) is 2.21. The fraction of sp³-hybridized carbons (Fsp3) is 0.625. The Labute approximate surface area is 82.8 Å². The Kier molecular flexibility index (Phi) is 3.71. The summed E-state index contributed by atoms with van der Waals surface area (Å²) in [7, 11) is 5.38. The van der Waals surface area contributed by atoms with Gasteiger partial charge in [-0.15, -0.1) is 0 Å². The van der Waals surface area contributed by atoms with E-state index in [0.717, 1.165) is 12.2 Å². The van der Waals surface area contributed by atoms with Crippen molar-refractivity contribution >= 4 is 11.6 Å². The second kappa shape index (κ2) is 4.60. The van der Waals surface area contributed by atoms with Crippen molar-refractivity contribution in [2.24, 2.45) is 7.05 Å². The summed E-state index contributed by atoms with van der Waals surface area (Å²) in [5.74, 6) is 0. The van der Waals surface area contributed by atoms with E-state index in [1.807, 2.05) is 14.1 Å². The summed E-state index contributed by atoms with van der Waals surface area (Å²) in [4.78, 5) is 0. The van der Waals surface area contributed by atoms with E-state index in [9.17, 15) is 0 Å². The highest BCUT2D eigenvalue weighted by atomic mass is 35.5. The second-order valence-electron chi connectivity index (χ2n) is 2.78. The number of aryl methyl sites for hydroxylation is 1. The van der Waals surface area contributed by atoms with Gasteiger partial charge in [-0.25, -0.2) is 0 Å². The summed E-state index contributed by atoms with van der Waals surface area (Å²) in [6.45, 7) is 0.718. The first-order valence-corrected chi connectivity index (χ1v) is 4.43. The maximum Gasteiger partial charge on any atom is 0.113 e. The van der Waals surface area contributed by atoms with Crippen LogP contribution in [0.5, 0.6) is 0 Å². The molecule has 0 spiro atoms. The Morgan fingerprint density at radius 1 is 1.77 bits per heavy atom. The van der Waals surface area contributed by atoms with Crippen molar-refractivity contribution in [2.75, 3.05) is 20.7 Å². The van der Waals surface area contributed by atoms with Crippen LogP contribution in [0.1, 0.15) is 11.8 Å². The first-order valence-electron chi connectivity index (χ1n) is 4.05. The molecular formula is C8H14ClN3O. The summed E-state index contributed by atoms with van der Waals surface area (Å²) < 4.78 is 7.02. The number of nitrogens with zero attached hydrogens (tertiary/aromatic N) is 2. The van der Waals surface area contributed by atoms with Gasteiger partial charge in [0.05, 0.1) is 16.9 Å². The largest absolute Gasteiger partial charge is 0.374 e. The van der Waals surface area contributed by atoms with Gasteiger partial charge in [0.25, 0.3) is 0 Å². The van der Waals surface area contributed by atoms with Crippen molar-refractivity contribution in [1.29, 1.82) is 0 Å². The van der Waals surface area contributed by atoms with Gasteiger partial charge in [0, 0.05) is 20.7 Å². The molecule has 13 heavy (non-hydrogen) atoms. The normalized spacial score (nSPS) is 13.2. The van der Waals surface area contributed by atoms with Crippen LogP contribution in [-0.2, 0) is 11.8 Å². The monoisotopic (exact) mass is 203 g/mol. The van der Waals surface area contributed by atoms with Crippen LogP contribution in [0.3, 0.4) is 0 Å². The highest BCUT2D eigenvalue weighted by molar-refractivity contribution is 6.31. The lowest BCUT2D eigenvalue weighted by Crippen LogP contribution is -2.21. The van der Waals surface area contributed by atoms with E-state index < -0.39 is 0 Å². The molecule has 74 valence electrons. The lowest BCUT2D eigenvalue weighted by molar-refractivity contribution is 0.0973. The summed E-state index contributed by atoms with van der Waals surface area (Å²) in [6, 6.07) is 0. The number of likely N-dealkylation sites (N-methyl/N-ethyl adjacent to an activating group) is 1. The molecule has 0 saturated heterocycles. The van der Waals surface area contributed by atoms with Crippen molar-refractivity contribution in [3.63, 3.8) is 0 Å². The quantitative estimate of drug-likeness (QED) is 0.793. The topological polar surface area (TPSA) is 39.1 Å². The minimum atomic E-state index is -0.0509. The van der Waals surface area contributed by atoms with E-state index in [4.69, 9.17) is 16.3 Å². The molecule has 0 amide bonds. The summed E-state index contributed by atoms with van der Waals surface area (Å²) in [5, 5.41) is 7.72. The van der Waals surface area contributed by atoms with E-state index in [1.165, 1.54) is 0 Å². The zero-order chi connectivity index (χ0) is 9.84. The summed E-state index contributed by atoms with van der Waals surface area (Å²) in [6.07, 6.45) is 1.57. The lowest BCUT2D eigenvalue weighted by atomic mass is 10.2. The van der Waals surface area contributed by atoms with E-state index in [1.54, 1.807) is 18.0 Å². The molecule has 0 fully saturated rings. The van der Waals surface area contributed by atoms with Crippen molar-refractivity contribution < 1.29 is 4.74 Å². The van der Waals surface area contributed by atoms with Gasteiger partial charge in [-0.3, -0.25) is 4.68 Å². The van der Waals surface area contributed by atoms with E-state index >= 15 is 0 Å². The maximum absolute atomic E-state index is 5.96. The number of ether oxygens (including phenoxy) is 1. The zero-order valence-corrected chi connectivity index (χ0v) is 8.80. The van der Waals surface area contributed by atoms with Crippen molar-refractivity contribution in [3.05, 3.63) is 16.9 Å². The molecule has 1 unspecified atom stereocenters. The number of rotatable bonds is 4. The molecule has 1 aromatic rings. The first kappa shape index (κ1) is 10.5. The van der Waals surface area contributed by atoms with Gasteiger partial charge in [0.2, 0.25) is 0 Å². The summed E-state index contributed by atoms with van der Waals surface area (Å²) in [5.41, 5.74) is 0.901. The van der Waals surface area contributed by atoms with E-state index in [-0.39, 0.29) is 6.10 Å². The fourth-order valence-electron chi connectivity index (χ4n) is 1.26. The predicted octanol–water partition coefficient (Wildman–Crippen LogP) is 0.980. The Morgan fingerprint density at radius 2 is 2.46 bits per heavy atom. The molecule has 0 radical (unpaired) electrons. The lowest BCUT2D eigenvalue weighted by Gasteiger charge is -2.15. The van der Waals surface area contributed by atoms with Crippen LogP contribution >= 0.6 is 11.6 Å². The first-order chi connectivity index (χ1) is 6.20. The van der Waals surface area contributed by atoms with Crippen LogP contribution in [0, 0.1) is 0 Å². The van der Waals surface area contributed by atoms with Gasteiger partial charge >= 0.3 is 0 Å². The molecule has 1 N–H and O–H groups in total. The zero-order valence-electron chi connectivity index (χ0n) is 8.04. The van der Waals surface area contributed by atoms with Crippen molar-refractivity contribution in [2.45, 2.75) is 6.10 Å². The molecule has 0 aliphatic heterocycles. The Balaban J connectivity index is 2.89. The highest BCUT2D eigenvalue weighted by Crippen LogP contribution is 2.23. The van der Waals surface area contributed by atoms with Crippen LogP contribution in [0.25, 0.3) is 0 Å². The number of hydrogen-bond donors (Lipinski definition) is 1. The highest BCUT2D eigenvalue weighted by Gasteiger charge is 2.17. The number of aromatic nitrogens is 2. The van der Waals surface area contributed by atoms with Gasteiger partial charge in [0.15, 0.2) is 0 Å². The minimum absolute atomic E-state index is 0.0509. The van der Waals surface area contributed by atoms with Gasteiger partial charge < -0.3 is 10.1 Å². The van der Waals surface area contributed by atoms with Crippen molar-refractivity contribution in [3.8, 4) is 0 Å². The van der Waals surface area contributed by atoms with E-state index in [2.05, 4.69) is 10.4 Å².